The smallest absolute Gasteiger partial charge is 0.354 e. The molecule has 3 aromatic rings. The highest BCUT2D eigenvalue weighted by molar-refractivity contribution is 6.33. The Balaban J connectivity index is 2.24. The van der Waals surface area contributed by atoms with Crippen molar-refractivity contribution in [3.63, 3.8) is 0 Å². The molecule has 0 bridgehead atoms. The Labute approximate surface area is 125 Å². The number of aromatic carboxylic acids is 1. The van der Waals surface area contributed by atoms with Gasteiger partial charge in [-0.15, -0.1) is 0 Å². The van der Waals surface area contributed by atoms with Crippen molar-refractivity contribution in [1.82, 2.24) is 14.6 Å². The second-order valence-electron chi connectivity index (χ2n) is 4.57. The van der Waals surface area contributed by atoms with Crippen LogP contribution in [0.15, 0.2) is 36.4 Å². The highest BCUT2D eigenvalue weighted by Gasteiger charge is 2.14. The lowest BCUT2D eigenvalue weighted by Crippen LogP contribution is -2.06. The fourth-order valence-corrected chi connectivity index (χ4v) is 2.43. The maximum Gasteiger partial charge on any atom is 0.354 e. The van der Waals surface area contributed by atoms with Gasteiger partial charge in [0, 0.05) is 17.3 Å². The highest BCUT2D eigenvalue weighted by Crippen LogP contribution is 2.27. The van der Waals surface area contributed by atoms with Crippen molar-refractivity contribution in [1.29, 1.82) is 0 Å². The van der Waals surface area contributed by atoms with Crippen LogP contribution in [0.1, 0.15) is 23.1 Å². The molecule has 1 N–H and O–H groups in total. The van der Waals surface area contributed by atoms with Crippen LogP contribution in [0.5, 0.6) is 0 Å². The van der Waals surface area contributed by atoms with E-state index in [4.69, 9.17) is 16.7 Å². The number of aryl methyl sites for hydroxylation is 1. The zero-order valence-electron chi connectivity index (χ0n) is 11.2. The molecule has 2 aromatic heterocycles. The first-order valence-electron chi connectivity index (χ1n) is 6.48. The molecule has 1 aromatic carbocycles. The quantitative estimate of drug-likeness (QED) is 0.806. The molecule has 0 fully saturated rings. The number of carboxylic acids is 1. The van der Waals surface area contributed by atoms with E-state index in [1.807, 2.05) is 25.1 Å². The maximum absolute atomic E-state index is 11.1. The summed E-state index contributed by atoms with van der Waals surface area (Å²) in [4.78, 5) is 15.2. The van der Waals surface area contributed by atoms with Crippen LogP contribution in [-0.2, 0) is 6.42 Å². The standard InChI is InChI=1S/C15H12ClN3O2/c1-2-9-7-13(15(20)21)17-14-8-12(18-19(9)14)10-5-3-4-6-11(10)16/h3-8H,2H2,1H3,(H,20,21). The Morgan fingerprint density at radius 2 is 2.10 bits per heavy atom. The van der Waals surface area contributed by atoms with E-state index in [0.717, 1.165) is 11.3 Å². The predicted molar refractivity (Wildman–Crippen MR) is 79.8 cm³/mol. The average Bonchev–Trinajstić information content (AvgIpc) is 2.90. The van der Waals surface area contributed by atoms with E-state index in [-0.39, 0.29) is 5.69 Å². The fourth-order valence-electron chi connectivity index (χ4n) is 2.20. The SMILES string of the molecule is CCc1cc(C(=O)O)nc2cc(-c3ccccc3Cl)nn12. The van der Waals surface area contributed by atoms with Crippen molar-refractivity contribution < 1.29 is 9.90 Å². The minimum atomic E-state index is -1.05. The third-order valence-electron chi connectivity index (χ3n) is 3.23. The molecule has 106 valence electrons. The molecule has 6 heteroatoms. The minimum Gasteiger partial charge on any atom is -0.477 e. The summed E-state index contributed by atoms with van der Waals surface area (Å²) < 4.78 is 1.66. The molecule has 0 aliphatic heterocycles. The maximum atomic E-state index is 11.1. The van der Waals surface area contributed by atoms with Gasteiger partial charge < -0.3 is 5.11 Å². The summed E-state index contributed by atoms with van der Waals surface area (Å²) >= 11 is 6.18. The second-order valence-corrected chi connectivity index (χ2v) is 4.98. The molecule has 0 saturated carbocycles. The van der Waals surface area contributed by atoms with Crippen LogP contribution >= 0.6 is 11.6 Å². The van der Waals surface area contributed by atoms with E-state index >= 15 is 0 Å². The normalized spacial score (nSPS) is 11.0. The Bertz CT molecular complexity index is 842. The summed E-state index contributed by atoms with van der Waals surface area (Å²) in [5.74, 6) is -1.05. The van der Waals surface area contributed by atoms with Gasteiger partial charge >= 0.3 is 5.97 Å². The summed E-state index contributed by atoms with van der Waals surface area (Å²) in [7, 11) is 0. The topological polar surface area (TPSA) is 67.5 Å². The number of aromatic nitrogens is 3. The fraction of sp³-hybridized carbons (Fsp3) is 0.133. The number of carboxylic acid groups (broad SMARTS) is 1. The molecule has 0 radical (unpaired) electrons. The number of halogens is 1. The van der Waals surface area contributed by atoms with Crippen molar-refractivity contribution in [3.8, 4) is 11.3 Å². The van der Waals surface area contributed by atoms with Crippen molar-refractivity contribution in [2.24, 2.45) is 0 Å². The van der Waals surface area contributed by atoms with Crippen molar-refractivity contribution in [2.45, 2.75) is 13.3 Å². The minimum absolute atomic E-state index is 0.0185. The van der Waals surface area contributed by atoms with Crippen LogP contribution in [-0.4, -0.2) is 25.7 Å². The molecular formula is C15H12ClN3O2. The van der Waals surface area contributed by atoms with E-state index in [9.17, 15) is 4.79 Å². The van der Waals surface area contributed by atoms with Crippen LogP contribution in [0, 0.1) is 0 Å². The highest BCUT2D eigenvalue weighted by atomic mass is 35.5. The molecule has 0 unspecified atom stereocenters. The summed E-state index contributed by atoms with van der Waals surface area (Å²) in [5, 5.41) is 14.2. The van der Waals surface area contributed by atoms with Gasteiger partial charge in [0.2, 0.25) is 0 Å². The largest absolute Gasteiger partial charge is 0.477 e. The van der Waals surface area contributed by atoms with Gasteiger partial charge in [0.1, 0.15) is 0 Å². The third-order valence-corrected chi connectivity index (χ3v) is 3.56. The molecular weight excluding hydrogens is 290 g/mol. The average molecular weight is 302 g/mol. The van der Waals surface area contributed by atoms with E-state index < -0.39 is 5.97 Å². The van der Waals surface area contributed by atoms with Gasteiger partial charge in [-0.3, -0.25) is 0 Å². The predicted octanol–water partition coefficient (Wildman–Crippen LogP) is 3.31. The van der Waals surface area contributed by atoms with E-state index in [0.29, 0.717) is 22.8 Å². The van der Waals surface area contributed by atoms with Crippen LogP contribution in [0.2, 0.25) is 5.02 Å². The molecule has 21 heavy (non-hydrogen) atoms. The van der Waals surface area contributed by atoms with Crippen LogP contribution < -0.4 is 0 Å². The third kappa shape index (κ3) is 2.36. The van der Waals surface area contributed by atoms with Gasteiger partial charge in [0.15, 0.2) is 11.3 Å². The van der Waals surface area contributed by atoms with Gasteiger partial charge in [-0.1, -0.05) is 36.7 Å². The Kier molecular flexibility index (Phi) is 3.35. The zero-order valence-corrected chi connectivity index (χ0v) is 12.0. The summed E-state index contributed by atoms with van der Waals surface area (Å²) in [5.41, 5.74) is 2.77. The lowest BCUT2D eigenvalue weighted by atomic mass is 10.1. The number of fused-ring (bicyclic) bond motifs is 1. The number of hydrogen-bond acceptors (Lipinski definition) is 3. The van der Waals surface area contributed by atoms with Gasteiger partial charge in [-0.25, -0.2) is 14.3 Å². The number of hydrogen-bond donors (Lipinski definition) is 1. The molecule has 0 atom stereocenters. The Hall–Kier alpha value is -2.40. The van der Waals surface area contributed by atoms with Crippen LogP contribution in [0.25, 0.3) is 16.9 Å². The van der Waals surface area contributed by atoms with E-state index in [1.165, 1.54) is 0 Å². The van der Waals surface area contributed by atoms with Gasteiger partial charge in [0.05, 0.1) is 10.7 Å². The molecule has 0 saturated heterocycles. The van der Waals surface area contributed by atoms with E-state index in [1.54, 1.807) is 22.7 Å². The number of rotatable bonds is 3. The first-order chi connectivity index (χ1) is 10.1. The van der Waals surface area contributed by atoms with Crippen molar-refractivity contribution >= 4 is 23.2 Å². The van der Waals surface area contributed by atoms with Gasteiger partial charge in [-0.05, 0) is 18.6 Å². The molecule has 0 aliphatic rings. The molecule has 5 nitrogen and oxygen atoms in total. The van der Waals surface area contributed by atoms with Crippen molar-refractivity contribution in [2.75, 3.05) is 0 Å². The lowest BCUT2D eigenvalue weighted by Gasteiger charge is -2.03. The zero-order chi connectivity index (χ0) is 15.0. The molecule has 0 amide bonds. The van der Waals surface area contributed by atoms with Crippen LogP contribution in [0.3, 0.4) is 0 Å². The summed E-state index contributed by atoms with van der Waals surface area (Å²) in [6.07, 6.45) is 0.656. The van der Waals surface area contributed by atoms with Crippen molar-refractivity contribution in [3.05, 3.63) is 52.8 Å². The molecule has 2 heterocycles. The lowest BCUT2D eigenvalue weighted by molar-refractivity contribution is 0.0690. The second kappa shape index (κ2) is 5.18. The van der Waals surface area contributed by atoms with Gasteiger partial charge in [-0.2, -0.15) is 5.10 Å². The molecule has 3 rings (SSSR count). The number of nitrogens with zero attached hydrogens (tertiary/aromatic N) is 3. The molecule has 0 spiro atoms. The summed E-state index contributed by atoms with van der Waals surface area (Å²) in [6, 6.07) is 10.7. The number of carbonyl (C=O) groups is 1. The molecule has 0 aliphatic carbocycles. The van der Waals surface area contributed by atoms with E-state index in [2.05, 4.69) is 10.1 Å². The Morgan fingerprint density at radius 3 is 2.76 bits per heavy atom. The first kappa shape index (κ1) is 13.6. The van der Waals surface area contributed by atoms with Crippen LogP contribution in [0.4, 0.5) is 0 Å². The first-order valence-corrected chi connectivity index (χ1v) is 6.86. The van der Waals surface area contributed by atoms with Gasteiger partial charge in [0.25, 0.3) is 0 Å². The Morgan fingerprint density at radius 1 is 1.33 bits per heavy atom. The summed E-state index contributed by atoms with van der Waals surface area (Å²) in [6.45, 7) is 1.94. The monoisotopic (exact) mass is 301 g/mol. The number of benzene rings is 1.